The number of aryl methyl sites for hydroxylation is 2. The predicted octanol–water partition coefficient (Wildman–Crippen LogP) is 0.131. The second-order valence-electron chi connectivity index (χ2n) is 3.86. The number of nitrogen functional groups attached to an aromatic ring is 1. The minimum absolute atomic E-state index is 0.110. The molecule has 9 heteroatoms. The van der Waals surface area contributed by atoms with Crippen LogP contribution < -0.4 is 5.84 Å². The number of nitrogens with zero attached hydrogens (tertiary/aromatic N) is 5. The van der Waals surface area contributed by atoms with E-state index in [2.05, 4.69) is 15.3 Å². The number of carboxylic acids is 1. The first-order valence-corrected chi connectivity index (χ1v) is 6.59. The second kappa shape index (κ2) is 5.31. The molecule has 0 aliphatic rings. The van der Waals surface area contributed by atoms with Crippen molar-refractivity contribution in [3.63, 3.8) is 0 Å². The molecule has 0 amide bonds. The molecule has 8 nitrogen and oxygen atoms in total. The standard InChI is InChI=1S/C10H14N6O2S/c1-3-6-4-7(15(2)14-6)9-12-13-10(16(9)11)19-5-8(17)18/h4H,3,5,11H2,1-2H3,(H,17,18). The average Bonchev–Trinajstić information content (AvgIpc) is 2.90. The lowest BCUT2D eigenvalue weighted by Gasteiger charge is -2.02. The van der Waals surface area contributed by atoms with Gasteiger partial charge in [0.2, 0.25) is 11.0 Å². The first-order chi connectivity index (χ1) is 9.02. The van der Waals surface area contributed by atoms with Gasteiger partial charge in [-0.1, -0.05) is 18.7 Å². The maximum atomic E-state index is 10.5. The normalized spacial score (nSPS) is 10.8. The van der Waals surface area contributed by atoms with E-state index >= 15 is 0 Å². The molecular formula is C10H14N6O2S. The maximum Gasteiger partial charge on any atom is 0.313 e. The van der Waals surface area contributed by atoms with Crippen LogP contribution in [0.4, 0.5) is 0 Å². The van der Waals surface area contributed by atoms with Crippen LogP contribution in [-0.2, 0) is 18.3 Å². The van der Waals surface area contributed by atoms with Gasteiger partial charge in [0.05, 0.1) is 11.4 Å². The topological polar surface area (TPSA) is 112 Å². The molecule has 0 spiro atoms. The Morgan fingerprint density at radius 1 is 1.53 bits per heavy atom. The summed E-state index contributed by atoms with van der Waals surface area (Å²) in [6, 6.07) is 1.89. The average molecular weight is 282 g/mol. The van der Waals surface area contributed by atoms with E-state index in [1.807, 2.05) is 13.0 Å². The van der Waals surface area contributed by atoms with E-state index in [1.165, 1.54) is 4.68 Å². The molecule has 0 radical (unpaired) electrons. The summed E-state index contributed by atoms with van der Waals surface area (Å²) >= 11 is 1.02. The summed E-state index contributed by atoms with van der Waals surface area (Å²) in [5.41, 5.74) is 1.68. The molecule has 2 aromatic heterocycles. The minimum atomic E-state index is -0.927. The predicted molar refractivity (Wildman–Crippen MR) is 70.1 cm³/mol. The van der Waals surface area contributed by atoms with Gasteiger partial charge in [-0.3, -0.25) is 9.48 Å². The molecule has 0 aliphatic heterocycles. The zero-order valence-corrected chi connectivity index (χ0v) is 11.4. The van der Waals surface area contributed by atoms with Crippen LogP contribution in [0.3, 0.4) is 0 Å². The molecule has 2 aromatic rings. The zero-order chi connectivity index (χ0) is 14.0. The number of hydrogen-bond acceptors (Lipinski definition) is 6. The van der Waals surface area contributed by atoms with Crippen LogP contribution in [0.2, 0.25) is 0 Å². The van der Waals surface area contributed by atoms with Crippen molar-refractivity contribution < 1.29 is 9.90 Å². The lowest BCUT2D eigenvalue weighted by Crippen LogP contribution is -2.13. The quantitative estimate of drug-likeness (QED) is 0.592. The molecule has 2 rings (SSSR count). The lowest BCUT2D eigenvalue weighted by molar-refractivity contribution is -0.133. The first kappa shape index (κ1) is 13.4. The van der Waals surface area contributed by atoms with Gasteiger partial charge in [-0.2, -0.15) is 5.10 Å². The Labute approximate surface area is 113 Å². The highest BCUT2D eigenvalue weighted by molar-refractivity contribution is 7.99. The van der Waals surface area contributed by atoms with E-state index in [4.69, 9.17) is 10.9 Å². The molecule has 0 unspecified atom stereocenters. The van der Waals surface area contributed by atoms with Gasteiger partial charge in [0.15, 0.2) is 0 Å². The highest BCUT2D eigenvalue weighted by Gasteiger charge is 2.16. The van der Waals surface area contributed by atoms with Crippen molar-refractivity contribution in [1.82, 2.24) is 24.7 Å². The third-order valence-corrected chi connectivity index (χ3v) is 3.44. The highest BCUT2D eigenvalue weighted by atomic mass is 32.2. The Kier molecular flexibility index (Phi) is 3.74. The largest absolute Gasteiger partial charge is 0.481 e. The number of aromatic nitrogens is 5. The van der Waals surface area contributed by atoms with E-state index in [9.17, 15) is 4.79 Å². The van der Waals surface area contributed by atoms with E-state index in [0.29, 0.717) is 11.0 Å². The fraction of sp³-hybridized carbons (Fsp3) is 0.400. The number of rotatable bonds is 5. The van der Waals surface area contributed by atoms with Crippen molar-refractivity contribution in [3.05, 3.63) is 11.8 Å². The fourth-order valence-corrected chi connectivity index (χ4v) is 2.16. The van der Waals surface area contributed by atoms with Crippen molar-refractivity contribution in [1.29, 1.82) is 0 Å². The van der Waals surface area contributed by atoms with Crippen LogP contribution in [0.5, 0.6) is 0 Å². The maximum absolute atomic E-state index is 10.5. The summed E-state index contributed by atoms with van der Waals surface area (Å²) in [4.78, 5) is 10.5. The van der Waals surface area contributed by atoms with Crippen LogP contribution in [-0.4, -0.2) is 41.5 Å². The summed E-state index contributed by atoms with van der Waals surface area (Å²) < 4.78 is 2.96. The fourth-order valence-electron chi connectivity index (χ4n) is 1.59. The second-order valence-corrected chi connectivity index (χ2v) is 4.80. The van der Waals surface area contributed by atoms with Crippen molar-refractivity contribution in [3.8, 4) is 11.5 Å². The van der Waals surface area contributed by atoms with Crippen molar-refractivity contribution in [2.24, 2.45) is 7.05 Å². The van der Waals surface area contributed by atoms with Crippen molar-refractivity contribution >= 4 is 17.7 Å². The first-order valence-electron chi connectivity index (χ1n) is 5.61. The SMILES string of the molecule is CCc1cc(-c2nnc(SCC(=O)O)n2N)n(C)n1. The Bertz CT molecular complexity index is 605. The van der Waals surface area contributed by atoms with Crippen molar-refractivity contribution in [2.75, 3.05) is 11.6 Å². The summed E-state index contributed by atoms with van der Waals surface area (Å²) in [6.45, 7) is 2.01. The molecule has 102 valence electrons. The molecule has 0 fully saturated rings. The smallest absolute Gasteiger partial charge is 0.313 e. The van der Waals surface area contributed by atoms with Gasteiger partial charge in [-0.25, -0.2) is 4.68 Å². The molecule has 3 N–H and O–H groups in total. The molecular weight excluding hydrogens is 268 g/mol. The Hall–Kier alpha value is -2.03. The van der Waals surface area contributed by atoms with Crippen LogP contribution in [0.15, 0.2) is 11.2 Å². The number of hydrogen-bond donors (Lipinski definition) is 2. The summed E-state index contributed by atoms with van der Waals surface area (Å²) in [5, 5.41) is 21.2. The van der Waals surface area contributed by atoms with Gasteiger partial charge in [0, 0.05) is 7.05 Å². The van der Waals surface area contributed by atoms with Crippen LogP contribution in [0, 0.1) is 0 Å². The summed E-state index contributed by atoms with van der Waals surface area (Å²) in [5.74, 6) is 5.30. The molecule has 0 aromatic carbocycles. The molecule has 0 saturated carbocycles. The van der Waals surface area contributed by atoms with Gasteiger partial charge in [0.1, 0.15) is 5.69 Å². The third kappa shape index (κ3) is 2.70. The molecule has 2 heterocycles. The number of nitrogens with two attached hydrogens (primary N) is 1. The number of carbonyl (C=O) groups is 1. The van der Waals surface area contributed by atoms with Gasteiger partial charge < -0.3 is 10.9 Å². The van der Waals surface area contributed by atoms with Gasteiger partial charge in [0.25, 0.3) is 0 Å². The zero-order valence-electron chi connectivity index (χ0n) is 10.6. The van der Waals surface area contributed by atoms with Crippen LogP contribution in [0.1, 0.15) is 12.6 Å². The molecule has 0 aliphatic carbocycles. The van der Waals surface area contributed by atoms with Crippen molar-refractivity contribution in [2.45, 2.75) is 18.5 Å². The molecule has 19 heavy (non-hydrogen) atoms. The van der Waals surface area contributed by atoms with Gasteiger partial charge in [-0.05, 0) is 12.5 Å². The Morgan fingerprint density at radius 2 is 2.26 bits per heavy atom. The third-order valence-electron chi connectivity index (χ3n) is 2.51. The number of aliphatic carboxylic acids is 1. The number of thioether (sulfide) groups is 1. The molecule has 0 bridgehead atoms. The highest BCUT2D eigenvalue weighted by Crippen LogP contribution is 2.21. The van der Waals surface area contributed by atoms with Crippen LogP contribution >= 0.6 is 11.8 Å². The lowest BCUT2D eigenvalue weighted by atomic mass is 10.3. The monoisotopic (exact) mass is 282 g/mol. The number of carboxylic acid groups (broad SMARTS) is 1. The summed E-state index contributed by atoms with van der Waals surface area (Å²) in [6.07, 6.45) is 0.813. The van der Waals surface area contributed by atoms with Gasteiger partial charge in [-0.15, -0.1) is 10.2 Å². The molecule has 0 saturated heterocycles. The Balaban J connectivity index is 2.30. The minimum Gasteiger partial charge on any atom is -0.481 e. The van der Waals surface area contributed by atoms with Crippen LogP contribution in [0.25, 0.3) is 11.5 Å². The summed E-state index contributed by atoms with van der Waals surface area (Å²) in [7, 11) is 1.80. The Morgan fingerprint density at radius 3 is 2.84 bits per heavy atom. The van der Waals surface area contributed by atoms with E-state index in [0.717, 1.165) is 29.6 Å². The van der Waals surface area contributed by atoms with E-state index in [1.54, 1.807) is 11.7 Å². The van der Waals surface area contributed by atoms with Gasteiger partial charge >= 0.3 is 5.97 Å². The van der Waals surface area contributed by atoms with E-state index in [-0.39, 0.29) is 5.75 Å². The van der Waals surface area contributed by atoms with E-state index < -0.39 is 5.97 Å². The molecule has 0 atom stereocenters.